The minimum Gasteiger partial charge on any atom is -0.469 e. The van der Waals surface area contributed by atoms with Gasteiger partial charge in [-0.2, -0.15) is 0 Å². The van der Waals surface area contributed by atoms with Crippen molar-refractivity contribution >= 4 is 28.8 Å². The van der Waals surface area contributed by atoms with Gasteiger partial charge < -0.3 is 9.47 Å². The zero-order chi connectivity index (χ0) is 22.3. The first-order valence-electron chi connectivity index (χ1n) is 11.0. The molecule has 0 bridgehead atoms. The van der Waals surface area contributed by atoms with E-state index < -0.39 is 0 Å². The van der Waals surface area contributed by atoms with Crippen LogP contribution in [0, 0.1) is 11.3 Å². The fourth-order valence-electron chi connectivity index (χ4n) is 3.63. The highest BCUT2D eigenvalue weighted by atomic mass is 35.5. The number of hydrogen-bond acceptors (Lipinski definition) is 5. The number of methoxy groups -OCH3 is 1. The van der Waals surface area contributed by atoms with Crippen molar-refractivity contribution < 1.29 is 23.9 Å². The molecule has 0 aromatic heterocycles. The summed E-state index contributed by atoms with van der Waals surface area (Å²) in [6.07, 6.45) is 10.3. The first-order valence-corrected chi connectivity index (χ1v) is 11.4. The SMILES string of the molecule is CCCCCC(CCCC(CCCCC(C)(C)CC(=O)OC)C(=O)Cl)OC(C)=O. The Hall–Kier alpha value is -1.10. The summed E-state index contributed by atoms with van der Waals surface area (Å²) < 4.78 is 10.2. The molecule has 5 nitrogen and oxygen atoms in total. The molecule has 0 aliphatic carbocycles. The van der Waals surface area contributed by atoms with E-state index >= 15 is 0 Å². The molecule has 0 N–H and O–H groups in total. The number of rotatable bonds is 17. The van der Waals surface area contributed by atoms with E-state index in [2.05, 4.69) is 20.8 Å². The molecular weight excluding hydrogens is 392 g/mol. The third-order valence-electron chi connectivity index (χ3n) is 5.37. The monoisotopic (exact) mass is 432 g/mol. The molecule has 0 saturated carbocycles. The van der Waals surface area contributed by atoms with Crippen molar-refractivity contribution in [1.29, 1.82) is 0 Å². The van der Waals surface area contributed by atoms with Crippen LogP contribution >= 0.6 is 11.6 Å². The zero-order valence-corrected chi connectivity index (χ0v) is 19.8. The van der Waals surface area contributed by atoms with Crippen LogP contribution in [0.1, 0.15) is 105 Å². The van der Waals surface area contributed by atoms with Gasteiger partial charge in [0.2, 0.25) is 5.24 Å². The number of halogens is 1. The van der Waals surface area contributed by atoms with Crippen molar-refractivity contribution in [2.45, 2.75) is 111 Å². The molecule has 0 amide bonds. The summed E-state index contributed by atoms with van der Waals surface area (Å²) in [4.78, 5) is 34.6. The Labute approximate surface area is 182 Å². The summed E-state index contributed by atoms with van der Waals surface area (Å²) in [5.74, 6) is -0.592. The van der Waals surface area contributed by atoms with Gasteiger partial charge in [0.25, 0.3) is 0 Å². The van der Waals surface area contributed by atoms with E-state index in [-0.39, 0.29) is 34.6 Å². The largest absolute Gasteiger partial charge is 0.469 e. The lowest BCUT2D eigenvalue weighted by atomic mass is 9.83. The maximum atomic E-state index is 11.8. The molecule has 2 atom stereocenters. The van der Waals surface area contributed by atoms with E-state index in [0.717, 1.165) is 70.6 Å². The van der Waals surface area contributed by atoms with Crippen LogP contribution in [0.5, 0.6) is 0 Å². The molecule has 0 aromatic carbocycles. The van der Waals surface area contributed by atoms with Gasteiger partial charge in [-0.25, -0.2) is 0 Å². The van der Waals surface area contributed by atoms with Crippen LogP contribution in [0.15, 0.2) is 0 Å². The fraction of sp³-hybridized carbons (Fsp3) is 0.870. The van der Waals surface area contributed by atoms with Crippen molar-refractivity contribution in [2.24, 2.45) is 11.3 Å². The second kappa shape index (κ2) is 15.7. The van der Waals surface area contributed by atoms with Crippen molar-refractivity contribution in [3.63, 3.8) is 0 Å². The van der Waals surface area contributed by atoms with Gasteiger partial charge in [-0.05, 0) is 62.0 Å². The highest BCUT2D eigenvalue weighted by Crippen LogP contribution is 2.29. The standard InChI is InChI=1S/C23H41ClO5/c1-6-7-8-14-20(29-18(2)25)15-11-13-19(22(24)27)12-9-10-16-23(3,4)17-21(26)28-5/h19-20H,6-17H2,1-5H3. The van der Waals surface area contributed by atoms with Crippen molar-refractivity contribution in [3.05, 3.63) is 0 Å². The molecule has 0 radical (unpaired) electrons. The van der Waals surface area contributed by atoms with Crippen molar-refractivity contribution in [2.75, 3.05) is 7.11 Å². The second-order valence-corrected chi connectivity index (χ2v) is 9.19. The van der Waals surface area contributed by atoms with E-state index in [4.69, 9.17) is 21.1 Å². The van der Waals surface area contributed by atoms with Gasteiger partial charge in [-0.15, -0.1) is 0 Å². The summed E-state index contributed by atoms with van der Waals surface area (Å²) in [6, 6.07) is 0. The fourth-order valence-corrected chi connectivity index (χ4v) is 3.85. The molecule has 0 rings (SSSR count). The minimum absolute atomic E-state index is 0.0655. The van der Waals surface area contributed by atoms with Gasteiger partial charge in [0.05, 0.1) is 13.5 Å². The van der Waals surface area contributed by atoms with E-state index in [9.17, 15) is 14.4 Å². The lowest BCUT2D eigenvalue weighted by Crippen LogP contribution is -2.18. The number of hydrogen-bond donors (Lipinski definition) is 0. The molecule has 29 heavy (non-hydrogen) atoms. The summed E-state index contributed by atoms with van der Waals surface area (Å²) >= 11 is 5.82. The number of carbonyl (C=O) groups is 3. The minimum atomic E-state index is -0.283. The Morgan fingerprint density at radius 2 is 1.52 bits per heavy atom. The second-order valence-electron chi connectivity index (χ2n) is 8.82. The van der Waals surface area contributed by atoms with Crippen LogP contribution in [0.25, 0.3) is 0 Å². The Balaban J connectivity index is 4.31. The third kappa shape index (κ3) is 15.4. The molecule has 170 valence electrons. The Kier molecular flexibility index (Phi) is 15.1. The Morgan fingerprint density at radius 3 is 2.07 bits per heavy atom. The Bertz CT molecular complexity index is 490. The molecule has 0 spiro atoms. The quantitative estimate of drug-likeness (QED) is 0.155. The van der Waals surface area contributed by atoms with Crippen LogP contribution in [-0.2, 0) is 23.9 Å². The normalized spacial score (nSPS) is 13.6. The van der Waals surface area contributed by atoms with Crippen LogP contribution in [0.4, 0.5) is 0 Å². The van der Waals surface area contributed by atoms with Crippen LogP contribution in [-0.4, -0.2) is 30.4 Å². The first kappa shape index (κ1) is 27.9. The number of unbranched alkanes of at least 4 members (excludes halogenated alkanes) is 3. The number of ether oxygens (including phenoxy) is 2. The number of esters is 2. The van der Waals surface area contributed by atoms with Gasteiger partial charge in [-0.1, -0.05) is 46.5 Å². The molecule has 0 saturated heterocycles. The number of carbonyl (C=O) groups excluding carboxylic acids is 3. The van der Waals surface area contributed by atoms with E-state index in [1.807, 2.05) is 0 Å². The lowest BCUT2D eigenvalue weighted by molar-refractivity contribution is -0.147. The van der Waals surface area contributed by atoms with E-state index in [1.165, 1.54) is 14.0 Å². The maximum Gasteiger partial charge on any atom is 0.306 e. The van der Waals surface area contributed by atoms with Gasteiger partial charge in [-0.3, -0.25) is 14.4 Å². The summed E-state index contributed by atoms with van der Waals surface area (Å²) in [7, 11) is 1.41. The smallest absolute Gasteiger partial charge is 0.306 e. The van der Waals surface area contributed by atoms with Crippen LogP contribution < -0.4 is 0 Å². The predicted molar refractivity (Wildman–Crippen MR) is 117 cm³/mol. The molecule has 0 aliphatic heterocycles. The molecule has 2 unspecified atom stereocenters. The highest BCUT2D eigenvalue weighted by molar-refractivity contribution is 6.63. The lowest BCUT2D eigenvalue weighted by Gasteiger charge is -2.23. The van der Waals surface area contributed by atoms with Crippen LogP contribution in [0.2, 0.25) is 0 Å². The predicted octanol–water partition coefficient (Wildman–Crippen LogP) is 6.20. The van der Waals surface area contributed by atoms with E-state index in [1.54, 1.807) is 0 Å². The van der Waals surface area contributed by atoms with Gasteiger partial charge in [0.15, 0.2) is 0 Å². The highest BCUT2D eigenvalue weighted by Gasteiger charge is 2.23. The molecule has 0 aliphatic rings. The Morgan fingerprint density at radius 1 is 0.931 bits per heavy atom. The first-order chi connectivity index (χ1) is 13.6. The van der Waals surface area contributed by atoms with Crippen molar-refractivity contribution in [3.8, 4) is 0 Å². The molecule has 0 fully saturated rings. The average molecular weight is 433 g/mol. The van der Waals surface area contributed by atoms with Crippen LogP contribution in [0.3, 0.4) is 0 Å². The average Bonchev–Trinajstić information content (AvgIpc) is 2.62. The summed E-state index contributed by atoms with van der Waals surface area (Å²) in [5, 5.41) is -0.283. The molecule has 6 heteroatoms. The summed E-state index contributed by atoms with van der Waals surface area (Å²) in [5.41, 5.74) is -0.108. The van der Waals surface area contributed by atoms with Gasteiger partial charge >= 0.3 is 11.9 Å². The van der Waals surface area contributed by atoms with Gasteiger partial charge in [0.1, 0.15) is 6.10 Å². The topological polar surface area (TPSA) is 69.7 Å². The molecular formula is C23H41ClO5. The third-order valence-corrected chi connectivity index (χ3v) is 5.68. The maximum absolute atomic E-state index is 11.8. The molecule has 0 heterocycles. The zero-order valence-electron chi connectivity index (χ0n) is 19.1. The molecule has 0 aromatic rings. The van der Waals surface area contributed by atoms with Crippen molar-refractivity contribution in [1.82, 2.24) is 0 Å². The van der Waals surface area contributed by atoms with E-state index in [0.29, 0.717) is 6.42 Å². The summed E-state index contributed by atoms with van der Waals surface area (Å²) in [6.45, 7) is 7.71. The van der Waals surface area contributed by atoms with Gasteiger partial charge in [0, 0.05) is 12.8 Å².